The topological polar surface area (TPSA) is 297 Å². The third-order valence-electron chi connectivity index (χ3n) is 18.1. The van der Waals surface area contributed by atoms with Gasteiger partial charge in [0.25, 0.3) is 0 Å². The summed E-state index contributed by atoms with van der Waals surface area (Å²) in [4.78, 5) is 59.8. The minimum atomic E-state index is -5.25. The van der Waals surface area contributed by atoms with E-state index in [1.54, 1.807) is 0 Å². The standard InChI is InChI=1S/C71H137N2O19P/c1-7-11-15-19-23-27-31-35-39-43-49-85-59(46-42-38-34-30-26-22-18-14-10-4)48-51-87-69-65(72-56(5)74)71(91-61(53-84-6)67(69)92-93(81,82)83)88-54-60-66(80)68(86-50-47-57(75)44-40-36-32-28-24-20-16-12-8-2)64(70(90-60)89-55-63(78)79)73-62(77)52-58(76)45-41-37-33-29-25-21-17-13-9-3/h57-61,64-71,75-76,80H,7-55H2,1-6H3,(H,72,74)(H,73,77)(H,78,79)(H2,81,82,83)/t57-,58-,59-,60-,61-,64-,65-,66-,67+,68-,69-,70+,71-/m1/s1. The van der Waals surface area contributed by atoms with Crippen molar-refractivity contribution in [2.24, 2.45) is 0 Å². The maximum absolute atomic E-state index is 13.8. The summed E-state index contributed by atoms with van der Waals surface area (Å²) in [6.45, 7) is 9.00. The van der Waals surface area contributed by atoms with Crippen molar-refractivity contribution < 1.29 is 91.6 Å². The van der Waals surface area contributed by atoms with Crippen LogP contribution in [0.1, 0.15) is 311 Å². The number of carboxylic acids is 1. The van der Waals surface area contributed by atoms with Crippen molar-refractivity contribution in [3.8, 4) is 0 Å². The lowest BCUT2D eigenvalue weighted by molar-refractivity contribution is -0.308. The number of nitrogens with one attached hydrogen (secondary N) is 2. The SMILES string of the molecule is CCCCCCCCCCCCO[C@H](CCCCCCCCCCC)CCO[C@@H]1[C@@H](NC(C)=O)[C@H](OC[C@H]2O[C@H](OCC(=O)O)[C@H](NC(=O)C[C@H](O)CCCCCCCCCCC)[C@@H](OCC[C@H](O)CCCCCCCCCCC)[C@@H]2O)O[C@H](COC)[C@@H]1OP(=O)(O)O. The van der Waals surface area contributed by atoms with Crippen LogP contribution < -0.4 is 10.6 Å². The second-order valence-electron chi connectivity index (χ2n) is 26.7. The van der Waals surface area contributed by atoms with E-state index in [2.05, 4.69) is 38.3 Å². The first-order valence-corrected chi connectivity index (χ1v) is 38.9. The molecule has 0 radical (unpaired) electrons. The number of methoxy groups -OCH3 is 1. The normalized spacial score (nSPS) is 22.8. The molecule has 2 aliphatic heterocycles. The summed E-state index contributed by atoms with van der Waals surface area (Å²) in [6.07, 6.45) is 31.3. The zero-order valence-electron chi connectivity index (χ0n) is 59.1. The van der Waals surface area contributed by atoms with Gasteiger partial charge in [-0.1, -0.05) is 259 Å². The maximum atomic E-state index is 13.8. The average molecular weight is 1350 g/mol. The Balaban J connectivity index is 2.41. The van der Waals surface area contributed by atoms with Crippen LogP contribution in [0, 0.1) is 0 Å². The van der Waals surface area contributed by atoms with Crippen LogP contribution in [0.2, 0.25) is 0 Å². The van der Waals surface area contributed by atoms with E-state index in [1.807, 2.05) is 0 Å². The van der Waals surface area contributed by atoms with E-state index >= 15 is 0 Å². The molecule has 2 amide bonds. The van der Waals surface area contributed by atoms with Gasteiger partial charge in [-0.05, 0) is 38.5 Å². The molecule has 0 unspecified atom stereocenters. The molecular formula is C71H137N2O19P. The summed E-state index contributed by atoms with van der Waals surface area (Å²) in [5.74, 6) is -2.51. The van der Waals surface area contributed by atoms with E-state index < -0.39 is 112 Å². The van der Waals surface area contributed by atoms with Gasteiger partial charge >= 0.3 is 13.8 Å². The lowest BCUT2D eigenvalue weighted by atomic mass is 9.95. The Bertz CT molecular complexity index is 1840. The lowest BCUT2D eigenvalue weighted by Gasteiger charge is -2.47. The molecule has 0 bridgehead atoms. The van der Waals surface area contributed by atoms with Crippen LogP contribution in [0.25, 0.3) is 0 Å². The highest BCUT2D eigenvalue weighted by molar-refractivity contribution is 7.46. The summed E-state index contributed by atoms with van der Waals surface area (Å²) >= 11 is 0. The number of carbonyl (C=O) groups is 3. The highest BCUT2D eigenvalue weighted by Gasteiger charge is 2.53. The Morgan fingerprint density at radius 2 is 0.892 bits per heavy atom. The summed E-state index contributed by atoms with van der Waals surface area (Å²) < 4.78 is 68.2. The quantitative estimate of drug-likeness (QED) is 0.0207. The van der Waals surface area contributed by atoms with Crippen LogP contribution in [0.5, 0.6) is 0 Å². The number of hydrogen-bond donors (Lipinski definition) is 8. The molecule has 0 aromatic carbocycles. The van der Waals surface area contributed by atoms with Gasteiger partial charge in [-0.25, -0.2) is 9.36 Å². The highest BCUT2D eigenvalue weighted by atomic mass is 31.2. The van der Waals surface area contributed by atoms with Crippen molar-refractivity contribution in [3.63, 3.8) is 0 Å². The van der Waals surface area contributed by atoms with Crippen LogP contribution in [-0.4, -0.2) is 174 Å². The zero-order valence-corrected chi connectivity index (χ0v) is 60.0. The molecule has 2 heterocycles. The Kier molecular flexibility index (Phi) is 53.3. The number of amides is 2. The first-order chi connectivity index (χ1) is 45.0. The molecular weight excluding hydrogens is 1220 g/mol. The number of aliphatic carboxylic acids is 1. The van der Waals surface area contributed by atoms with E-state index in [4.69, 9.17) is 42.4 Å². The molecule has 2 aliphatic rings. The number of ether oxygens (including phenoxy) is 8. The van der Waals surface area contributed by atoms with E-state index in [9.17, 15) is 49.2 Å². The number of carbonyl (C=O) groups excluding carboxylic acids is 2. The second kappa shape index (κ2) is 56.9. The fourth-order valence-corrected chi connectivity index (χ4v) is 13.3. The number of rotatable bonds is 64. The van der Waals surface area contributed by atoms with E-state index in [-0.39, 0.29) is 38.8 Å². The highest BCUT2D eigenvalue weighted by Crippen LogP contribution is 2.43. The molecule has 21 nitrogen and oxygen atoms in total. The summed E-state index contributed by atoms with van der Waals surface area (Å²) in [7, 11) is -3.87. The van der Waals surface area contributed by atoms with Crippen molar-refractivity contribution >= 4 is 25.6 Å². The number of phosphoric acid groups is 1. The third-order valence-corrected chi connectivity index (χ3v) is 18.6. The molecule has 93 heavy (non-hydrogen) atoms. The van der Waals surface area contributed by atoms with Gasteiger partial charge in [-0.3, -0.25) is 14.1 Å². The van der Waals surface area contributed by atoms with Crippen molar-refractivity contribution in [1.29, 1.82) is 0 Å². The van der Waals surface area contributed by atoms with Crippen LogP contribution >= 0.6 is 7.82 Å². The number of aliphatic hydroxyl groups is 3. The molecule has 2 fully saturated rings. The molecule has 0 aromatic heterocycles. The van der Waals surface area contributed by atoms with Gasteiger partial charge in [0.15, 0.2) is 12.6 Å². The number of carboxylic acid groups (broad SMARTS) is 1. The lowest BCUT2D eigenvalue weighted by Crippen LogP contribution is -2.67. The largest absolute Gasteiger partial charge is 0.480 e. The van der Waals surface area contributed by atoms with E-state index in [0.717, 1.165) is 96.3 Å². The fourth-order valence-electron chi connectivity index (χ4n) is 12.7. The van der Waals surface area contributed by atoms with Crippen LogP contribution in [0.4, 0.5) is 0 Å². The first kappa shape index (κ1) is 87.2. The summed E-state index contributed by atoms with van der Waals surface area (Å²) in [5, 5.41) is 49.9. The van der Waals surface area contributed by atoms with Crippen molar-refractivity contribution in [1.82, 2.24) is 10.6 Å². The number of hydrogen-bond acceptors (Lipinski definition) is 16. The Morgan fingerprint density at radius 3 is 1.37 bits per heavy atom. The molecule has 13 atom stereocenters. The third kappa shape index (κ3) is 44.0. The Morgan fingerprint density at radius 1 is 0.473 bits per heavy atom. The van der Waals surface area contributed by atoms with Gasteiger partial charge in [0.05, 0.1) is 37.9 Å². The zero-order chi connectivity index (χ0) is 68.2. The first-order valence-electron chi connectivity index (χ1n) is 37.4. The Hall–Kier alpha value is -1.92. The van der Waals surface area contributed by atoms with E-state index in [1.165, 1.54) is 162 Å². The minimum Gasteiger partial charge on any atom is -0.480 e. The maximum Gasteiger partial charge on any atom is 0.470 e. The molecule has 0 saturated carbocycles. The molecule has 2 saturated heterocycles. The van der Waals surface area contributed by atoms with Crippen LogP contribution in [-0.2, 0) is 61.4 Å². The molecule has 0 aliphatic carbocycles. The summed E-state index contributed by atoms with van der Waals surface area (Å²) in [5.41, 5.74) is 0. The van der Waals surface area contributed by atoms with Crippen LogP contribution in [0.3, 0.4) is 0 Å². The van der Waals surface area contributed by atoms with Gasteiger partial charge < -0.3 is 78.7 Å². The second-order valence-corrected chi connectivity index (χ2v) is 27.9. The van der Waals surface area contributed by atoms with Gasteiger partial charge in [0.1, 0.15) is 55.3 Å². The van der Waals surface area contributed by atoms with Crippen LogP contribution in [0.15, 0.2) is 0 Å². The smallest absolute Gasteiger partial charge is 0.470 e. The average Bonchev–Trinajstić information content (AvgIpc) is 0.801. The minimum absolute atomic E-state index is 0.0394. The van der Waals surface area contributed by atoms with Gasteiger partial charge in [-0.15, -0.1) is 0 Å². The predicted molar refractivity (Wildman–Crippen MR) is 364 cm³/mol. The van der Waals surface area contributed by atoms with E-state index in [0.29, 0.717) is 25.9 Å². The van der Waals surface area contributed by atoms with Crippen molar-refractivity contribution in [3.05, 3.63) is 0 Å². The fraction of sp³-hybridized carbons (Fsp3) is 0.958. The molecule has 0 spiro atoms. The molecule has 0 aromatic rings. The molecule has 2 rings (SSSR count). The molecule has 22 heteroatoms. The molecule has 550 valence electrons. The monoisotopic (exact) mass is 1350 g/mol. The number of aliphatic hydroxyl groups excluding tert-OH is 3. The van der Waals surface area contributed by atoms with Crippen molar-refractivity contribution in [2.75, 3.05) is 46.8 Å². The van der Waals surface area contributed by atoms with Gasteiger partial charge in [0, 0.05) is 33.9 Å². The van der Waals surface area contributed by atoms with Crippen molar-refractivity contribution in [2.45, 2.75) is 390 Å². The van der Waals surface area contributed by atoms with Gasteiger partial charge in [0.2, 0.25) is 11.8 Å². The number of unbranched alkanes of at least 4 members (excludes halogenated alkanes) is 33. The van der Waals surface area contributed by atoms with Gasteiger partial charge in [-0.2, -0.15) is 0 Å². The molecule has 8 N–H and O–H groups in total. The number of phosphoric ester groups is 1. The Labute approximate surface area is 562 Å². The predicted octanol–water partition coefficient (Wildman–Crippen LogP) is 13.8. The summed E-state index contributed by atoms with van der Waals surface area (Å²) in [6, 6.07) is -2.60.